The number of rotatable bonds is 14. The number of terminal acetylenes is 1. The summed E-state index contributed by atoms with van der Waals surface area (Å²) in [5, 5.41) is 12.1. The maximum absolute atomic E-state index is 14.5. The quantitative estimate of drug-likeness (QED) is 0.147. The van der Waals surface area contributed by atoms with Gasteiger partial charge in [-0.2, -0.15) is 14.4 Å². The lowest BCUT2D eigenvalue weighted by atomic mass is 9.90. The molecule has 1 amide bonds. The summed E-state index contributed by atoms with van der Waals surface area (Å²) in [6, 6.07) is 0. The van der Waals surface area contributed by atoms with Crippen LogP contribution in [0.5, 0.6) is 0 Å². The summed E-state index contributed by atoms with van der Waals surface area (Å²) in [6.07, 6.45) is 6.50. The highest BCUT2D eigenvalue weighted by Gasteiger charge is 2.46. The van der Waals surface area contributed by atoms with E-state index in [0.717, 1.165) is 12.8 Å². The Morgan fingerprint density at radius 2 is 1.85 bits per heavy atom. The summed E-state index contributed by atoms with van der Waals surface area (Å²) < 4.78 is 37.5. The van der Waals surface area contributed by atoms with Gasteiger partial charge in [-0.25, -0.2) is 9.78 Å². The van der Waals surface area contributed by atoms with Crippen molar-refractivity contribution in [3.8, 4) is 12.3 Å². The second kappa shape index (κ2) is 14.7. The molecule has 2 aromatic heterocycles. The zero-order valence-electron chi connectivity index (χ0n) is 23.4. The average molecular weight is 578 g/mol. The van der Waals surface area contributed by atoms with Gasteiger partial charge in [0.1, 0.15) is 19.4 Å². The van der Waals surface area contributed by atoms with E-state index in [2.05, 4.69) is 26.2 Å². The third kappa shape index (κ3) is 8.11. The van der Waals surface area contributed by atoms with Crippen LogP contribution in [0, 0.1) is 24.3 Å². The Morgan fingerprint density at radius 3 is 2.39 bits per heavy atom. The number of halogens is 1. The fourth-order valence-electron chi connectivity index (χ4n) is 4.23. The smallest absolute Gasteiger partial charge is 0.413 e. The number of anilines is 1. The molecule has 1 fully saturated rings. The molecule has 1 saturated heterocycles. The highest BCUT2D eigenvalue weighted by atomic mass is 19.1. The first kappa shape index (κ1) is 31.7. The number of unbranched alkanes of at least 4 members (excludes halogenated alkanes) is 2. The Labute approximate surface area is 237 Å². The van der Waals surface area contributed by atoms with Gasteiger partial charge < -0.3 is 24.1 Å². The summed E-state index contributed by atoms with van der Waals surface area (Å²) in [4.78, 5) is 48.3. The molecular weight excluding hydrogens is 541 g/mol. The molecule has 3 heterocycles. The molecule has 14 heteroatoms. The number of carbonyl (C=O) groups is 3. The molecule has 41 heavy (non-hydrogen) atoms. The van der Waals surface area contributed by atoms with Crippen LogP contribution in [0.15, 0.2) is 6.33 Å². The number of fused-ring (bicyclic) bond motifs is 1. The van der Waals surface area contributed by atoms with Crippen molar-refractivity contribution in [2.45, 2.75) is 83.6 Å². The van der Waals surface area contributed by atoms with Crippen LogP contribution in [0.1, 0.15) is 71.9 Å². The zero-order valence-corrected chi connectivity index (χ0v) is 23.4. The number of amides is 1. The Balaban J connectivity index is 1.74. The standard InChI is InChI=1S/C27H36FN5O8/c1-5-8-10-20(35)38-13-18(14-39-21(36)11-9-6-2)40-26(37)31-23-22-24(32-25(28)30-23)33(16-29-22)19-12-17(4)27(7-3,15-34)41-19/h3,16-19,34H,5-6,8-15H2,1-2,4H3,(H,30,31,32,37)/t17-,19+,27+/m0/s1. The van der Waals surface area contributed by atoms with Crippen LogP contribution in [0.4, 0.5) is 15.0 Å². The Hall–Kier alpha value is -3.83. The molecule has 13 nitrogen and oxygen atoms in total. The Kier molecular flexibility index (Phi) is 11.4. The number of aliphatic hydroxyl groups is 1. The maximum Gasteiger partial charge on any atom is 0.413 e. The molecule has 3 rings (SSSR count). The van der Waals surface area contributed by atoms with E-state index in [-0.39, 0.29) is 49.0 Å². The minimum Gasteiger partial charge on any atom is -0.462 e. The number of aliphatic hydroxyl groups excluding tert-OH is 1. The van der Waals surface area contributed by atoms with E-state index < -0.39 is 48.6 Å². The van der Waals surface area contributed by atoms with Crippen LogP contribution in [0.25, 0.3) is 11.2 Å². The summed E-state index contributed by atoms with van der Waals surface area (Å²) in [6.45, 7) is 4.58. The van der Waals surface area contributed by atoms with Crippen LogP contribution < -0.4 is 5.32 Å². The molecule has 1 aliphatic rings. The number of nitrogens with zero attached hydrogens (tertiary/aromatic N) is 4. The molecule has 2 N–H and O–H groups in total. The Bertz CT molecular complexity index is 1240. The van der Waals surface area contributed by atoms with Gasteiger partial charge in [0, 0.05) is 18.8 Å². The number of hydrogen-bond donors (Lipinski definition) is 2. The normalized spacial score (nSPS) is 20.1. The predicted octanol–water partition coefficient (Wildman–Crippen LogP) is 3.27. The lowest BCUT2D eigenvalue weighted by molar-refractivity contribution is -0.152. The van der Waals surface area contributed by atoms with Crippen molar-refractivity contribution in [2.75, 3.05) is 25.1 Å². The number of esters is 2. The van der Waals surface area contributed by atoms with Crippen molar-refractivity contribution in [1.29, 1.82) is 0 Å². The summed E-state index contributed by atoms with van der Waals surface area (Å²) >= 11 is 0. The second-order valence-electron chi connectivity index (χ2n) is 9.79. The lowest BCUT2D eigenvalue weighted by Crippen LogP contribution is -2.36. The van der Waals surface area contributed by atoms with Crippen molar-refractivity contribution in [3.05, 3.63) is 12.4 Å². The van der Waals surface area contributed by atoms with Crippen molar-refractivity contribution in [1.82, 2.24) is 19.5 Å². The molecule has 0 radical (unpaired) electrons. The second-order valence-corrected chi connectivity index (χ2v) is 9.79. The fraction of sp³-hybridized carbons (Fsp3) is 0.630. The molecule has 0 aliphatic carbocycles. The van der Waals surface area contributed by atoms with Crippen LogP contribution in [0.3, 0.4) is 0 Å². The molecule has 0 bridgehead atoms. The van der Waals surface area contributed by atoms with Gasteiger partial charge in [0.25, 0.3) is 0 Å². The SMILES string of the molecule is C#C[C@]1(CO)O[C@@H](n2cnc3c(NC(=O)OC(COC(=O)CCCC)COC(=O)CCCC)nc(F)nc32)C[C@@H]1C. The first-order valence-corrected chi connectivity index (χ1v) is 13.6. The topological polar surface area (TPSA) is 164 Å². The van der Waals surface area contributed by atoms with Gasteiger partial charge in [0.15, 0.2) is 28.7 Å². The van der Waals surface area contributed by atoms with E-state index in [4.69, 9.17) is 25.4 Å². The van der Waals surface area contributed by atoms with Gasteiger partial charge in [0.2, 0.25) is 0 Å². The Morgan fingerprint density at radius 1 is 1.22 bits per heavy atom. The molecule has 0 unspecified atom stereocenters. The molecule has 0 spiro atoms. The van der Waals surface area contributed by atoms with Gasteiger partial charge in [-0.1, -0.05) is 39.5 Å². The zero-order chi connectivity index (χ0) is 30.0. The maximum atomic E-state index is 14.5. The third-order valence-corrected chi connectivity index (χ3v) is 6.70. The van der Waals surface area contributed by atoms with Crippen molar-refractivity contribution >= 4 is 35.0 Å². The number of aromatic nitrogens is 4. The van der Waals surface area contributed by atoms with E-state index in [1.807, 2.05) is 20.8 Å². The van der Waals surface area contributed by atoms with Crippen LogP contribution >= 0.6 is 0 Å². The van der Waals surface area contributed by atoms with Crippen molar-refractivity contribution in [2.24, 2.45) is 5.92 Å². The van der Waals surface area contributed by atoms with Crippen molar-refractivity contribution in [3.63, 3.8) is 0 Å². The third-order valence-electron chi connectivity index (χ3n) is 6.70. The molecule has 2 aromatic rings. The summed E-state index contributed by atoms with van der Waals surface area (Å²) in [5.41, 5.74) is -1.16. The first-order valence-electron chi connectivity index (χ1n) is 13.6. The molecule has 224 valence electrons. The highest BCUT2D eigenvalue weighted by molar-refractivity contribution is 5.93. The number of hydrogen-bond acceptors (Lipinski definition) is 11. The van der Waals surface area contributed by atoms with E-state index in [1.165, 1.54) is 10.9 Å². The first-order chi connectivity index (χ1) is 19.7. The number of nitrogens with one attached hydrogen (secondary N) is 1. The number of ether oxygens (including phenoxy) is 4. The van der Waals surface area contributed by atoms with E-state index in [9.17, 15) is 23.9 Å². The largest absolute Gasteiger partial charge is 0.462 e. The van der Waals surface area contributed by atoms with Gasteiger partial charge in [-0.15, -0.1) is 6.42 Å². The number of imidazole rings is 1. The fourth-order valence-corrected chi connectivity index (χ4v) is 4.23. The van der Waals surface area contributed by atoms with Crippen LogP contribution in [0.2, 0.25) is 0 Å². The van der Waals surface area contributed by atoms with E-state index >= 15 is 0 Å². The van der Waals surface area contributed by atoms with E-state index in [0.29, 0.717) is 19.3 Å². The molecule has 0 saturated carbocycles. The molecule has 3 atom stereocenters. The predicted molar refractivity (Wildman–Crippen MR) is 143 cm³/mol. The lowest BCUT2D eigenvalue weighted by Gasteiger charge is -2.24. The van der Waals surface area contributed by atoms with Crippen LogP contribution in [-0.4, -0.2) is 74.2 Å². The average Bonchev–Trinajstić information content (AvgIpc) is 3.52. The van der Waals surface area contributed by atoms with Gasteiger partial charge in [-0.05, 0) is 19.3 Å². The summed E-state index contributed by atoms with van der Waals surface area (Å²) in [7, 11) is 0. The van der Waals surface area contributed by atoms with Gasteiger partial charge in [0.05, 0.1) is 12.9 Å². The van der Waals surface area contributed by atoms with Gasteiger partial charge >= 0.3 is 24.1 Å². The number of carbonyl (C=O) groups excluding carboxylic acids is 3. The van der Waals surface area contributed by atoms with Crippen molar-refractivity contribution < 1.29 is 42.8 Å². The molecular formula is C27H36FN5O8. The minimum atomic E-state index is -1.22. The minimum absolute atomic E-state index is 0.0158. The highest BCUT2D eigenvalue weighted by Crippen LogP contribution is 2.41. The molecule has 0 aromatic carbocycles. The van der Waals surface area contributed by atoms with E-state index in [1.54, 1.807) is 0 Å². The summed E-state index contributed by atoms with van der Waals surface area (Å²) in [5.74, 6) is 1.02. The van der Waals surface area contributed by atoms with Gasteiger partial charge in [-0.3, -0.25) is 19.5 Å². The monoisotopic (exact) mass is 577 g/mol. The molecule has 1 aliphatic heterocycles. The van der Waals surface area contributed by atoms with Crippen LogP contribution in [-0.2, 0) is 28.5 Å².